The first-order valence-electron chi connectivity index (χ1n) is 9.68. The van der Waals surface area contributed by atoms with E-state index in [-0.39, 0.29) is 23.2 Å². The fraction of sp³-hybridized carbons (Fsp3) is 0.381. The highest BCUT2D eigenvalue weighted by atomic mass is 32.2. The molecule has 1 N–H and O–H groups in total. The third kappa shape index (κ3) is 5.85. The SMILES string of the molecule is CN(CC(=O)Nc1cccc(S(=O)(=O)N2CCCCC2)c1)Cc1cccc(F)c1. The smallest absolute Gasteiger partial charge is 0.243 e. The summed E-state index contributed by atoms with van der Waals surface area (Å²) in [5.74, 6) is -0.580. The van der Waals surface area contributed by atoms with E-state index in [4.69, 9.17) is 0 Å². The van der Waals surface area contributed by atoms with Gasteiger partial charge in [0.1, 0.15) is 5.82 Å². The molecule has 1 aliphatic rings. The third-order valence-electron chi connectivity index (χ3n) is 4.83. The Morgan fingerprint density at radius 3 is 2.55 bits per heavy atom. The molecule has 0 aliphatic carbocycles. The van der Waals surface area contributed by atoms with Gasteiger partial charge < -0.3 is 5.32 Å². The molecule has 29 heavy (non-hydrogen) atoms. The monoisotopic (exact) mass is 419 g/mol. The second kappa shape index (κ2) is 9.47. The zero-order valence-electron chi connectivity index (χ0n) is 16.5. The van der Waals surface area contributed by atoms with Gasteiger partial charge in [0.25, 0.3) is 0 Å². The fourth-order valence-corrected chi connectivity index (χ4v) is 5.00. The standard InChI is InChI=1S/C21H26FN3O3S/c1-24(15-17-7-5-8-18(22)13-17)16-21(26)23-19-9-6-10-20(14-19)29(27,28)25-11-3-2-4-12-25/h5-10,13-14H,2-4,11-12,15-16H2,1H3,(H,23,26). The largest absolute Gasteiger partial charge is 0.325 e. The van der Waals surface area contributed by atoms with Crippen molar-refractivity contribution in [2.45, 2.75) is 30.7 Å². The molecule has 0 bridgehead atoms. The molecule has 0 radical (unpaired) electrons. The minimum atomic E-state index is -3.55. The summed E-state index contributed by atoms with van der Waals surface area (Å²) in [4.78, 5) is 14.3. The van der Waals surface area contributed by atoms with Gasteiger partial charge in [0.2, 0.25) is 15.9 Å². The molecule has 0 aromatic heterocycles. The molecule has 1 heterocycles. The van der Waals surface area contributed by atoms with Crippen LogP contribution in [0.15, 0.2) is 53.4 Å². The molecule has 6 nitrogen and oxygen atoms in total. The maximum atomic E-state index is 13.3. The summed E-state index contributed by atoms with van der Waals surface area (Å²) >= 11 is 0. The van der Waals surface area contributed by atoms with Gasteiger partial charge in [-0.2, -0.15) is 4.31 Å². The number of sulfonamides is 1. The van der Waals surface area contributed by atoms with Crippen LogP contribution in [0.3, 0.4) is 0 Å². The van der Waals surface area contributed by atoms with Crippen LogP contribution in [-0.2, 0) is 21.4 Å². The van der Waals surface area contributed by atoms with E-state index in [9.17, 15) is 17.6 Å². The van der Waals surface area contributed by atoms with Gasteiger partial charge in [0.05, 0.1) is 11.4 Å². The zero-order chi connectivity index (χ0) is 20.9. The van der Waals surface area contributed by atoms with E-state index in [2.05, 4.69) is 5.32 Å². The summed E-state index contributed by atoms with van der Waals surface area (Å²) in [6, 6.07) is 12.6. The average Bonchev–Trinajstić information content (AvgIpc) is 2.68. The van der Waals surface area contributed by atoms with Crippen molar-refractivity contribution < 1.29 is 17.6 Å². The second-order valence-electron chi connectivity index (χ2n) is 7.34. The number of anilines is 1. The van der Waals surface area contributed by atoms with Crippen molar-refractivity contribution in [1.82, 2.24) is 9.21 Å². The normalized spacial score (nSPS) is 15.4. The van der Waals surface area contributed by atoms with Crippen LogP contribution in [0.4, 0.5) is 10.1 Å². The predicted molar refractivity (Wildman–Crippen MR) is 110 cm³/mol. The van der Waals surface area contributed by atoms with E-state index in [1.165, 1.54) is 22.5 Å². The van der Waals surface area contributed by atoms with Gasteiger partial charge >= 0.3 is 0 Å². The lowest BCUT2D eigenvalue weighted by atomic mass is 10.2. The summed E-state index contributed by atoms with van der Waals surface area (Å²) in [6.07, 6.45) is 2.78. The predicted octanol–water partition coefficient (Wildman–Crippen LogP) is 3.07. The highest BCUT2D eigenvalue weighted by Gasteiger charge is 2.26. The lowest BCUT2D eigenvalue weighted by Crippen LogP contribution is -2.35. The molecule has 1 fully saturated rings. The molecule has 2 aromatic rings. The number of carbonyl (C=O) groups is 1. The first-order valence-corrected chi connectivity index (χ1v) is 11.1. The molecule has 0 atom stereocenters. The van der Waals surface area contributed by atoms with Crippen molar-refractivity contribution in [3.63, 3.8) is 0 Å². The van der Waals surface area contributed by atoms with Crippen molar-refractivity contribution >= 4 is 21.6 Å². The van der Waals surface area contributed by atoms with E-state index in [1.54, 1.807) is 42.3 Å². The van der Waals surface area contributed by atoms with Crippen LogP contribution in [0.25, 0.3) is 0 Å². The topological polar surface area (TPSA) is 69.7 Å². The Kier molecular flexibility index (Phi) is 7.00. The molecule has 156 valence electrons. The molecule has 2 aromatic carbocycles. The first kappa shape index (κ1) is 21.4. The molecule has 1 saturated heterocycles. The van der Waals surface area contributed by atoms with Crippen LogP contribution >= 0.6 is 0 Å². The lowest BCUT2D eigenvalue weighted by molar-refractivity contribution is -0.117. The number of nitrogens with zero attached hydrogens (tertiary/aromatic N) is 2. The maximum Gasteiger partial charge on any atom is 0.243 e. The molecule has 1 aliphatic heterocycles. The Bertz CT molecular complexity index is 959. The average molecular weight is 420 g/mol. The van der Waals surface area contributed by atoms with Crippen molar-refractivity contribution in [2.24, 2.45) is 0 Å². The molecule has 0 unspecified atom stereocenters. The Hall–Kier alpha value is -2.29. The number of benzene rings is 2. The number of halogens is 1. The molecule has 1 amide bonds. The van der Waals surface area contributed by atoms with Crippen LogP contribution in [0, 0.1) is 5.82 Å². The van der Waals surface area contributed by atoms with E-state index >= 15 is 0 Å². The molecule has 3 rings (SSSR count). The van der Waals surface area contributed by atoms with Crippen LogP contribution in [0.5, 0.6) is 0 Å². The number of likely N-dealkylation sites (N-methyl/N-ethyl adjacent to an activating group) is 1. The Balaban J connectivity index is 1.61. The van der Waals surface area contributed by atoms with Crippen molar-refractivity contribution in [3.05, 3.63) is 59.9 Å². The number of hydrogen-bond donors (Lipinski definition) is 1. The summed E-state index contributed by atoms with van der Waals surface area (Å²) in [5, 5.41) is 2.75. The van der Waals surface area contributed by atoms with Gasteiger partial charge in [-0.3, -0.25) is 9.69 Å². The fourth-order valence-electron chi connectivity index (χ4n) is 3.44. The van der Waals surface area contributed by atoms with Crippen LogP contribution < -0.4 is 5.32 Å². The highest BCUT2D eigenvalue weighted by molar-refractivity contribution is 7.89. The zero-order valence-corrected chi connectivity index (χ0v) is 17.3. The number of hydrogen-bond acceptors (Lipinski definition) is 4. The quantitative estimate of drug-likeness (QED) is 0.749. The van der Waals surface area contributed by atoms with Crippen molar-refractivity contribution in [1.29, 1.82) is 0 Å². The van der Waals surface area contributed by atoms with Crippen LogP contribution in [-0.4, -0.2) is 50.2 Å². The van der Waals surface area contributed by atoms with E-state index in [0.717, 1.165) is 24.8 Å². The number of piperidine rings is 1. The van der Waals surface area contributed by atoms with Gasteiger partial charge in [-0.1, -0.05) is 24.6 Å². The van der Waals surface area contributed by atoms with Crippen LogP contribution in [0.1, 0.15) is 24.8 Å². The Labute approximate surface area is 171 Å². The van der Waals surface area contributed by atoms with Gasteiger partial charge in [0, 0.05) is 25.3 Å². The number of amides is 1. The maximum absolute atomic E-state index is 13.3. The number of rotatable bonds is 7. The van der Waals surface area contributed by atoms with Gasteiger partial charge in [0.15, 0.2) is 0 Å². The van der Waals surface area contributed by atoms with Gasteiger partial charge in [-0.05, 0) is 55.8 Å². The highest BCUT2D eigenvalue weighted by Crippen LogP contribution is 2.23. The summed E-state index contributed by atoms with van der Waals surface area (Å²) < 4.78 is 40.4. The van der Waals surface area contributed by atoms with E-state index in [1.807, 2.05) is 0 Å². The third-order valence-corrected chi connectivity index (χ3v) is 6.72. The van der Waals surface area contributed by atoms with Crippen LogP contribution in [0.2, 0.25) is 0 Å². The van der Waals surface area contributed by atoms with Gasteiger partial charge in [-0.15, -0.1) is 0 Å². The minimum absolute atomic E-state index is 0.0968. The molecular weight excluding hydrogens is 393 g/mol. The minimum Gasteiger partial charge on any atom is -0.325 e. The van der Waals surface area contributed by atoms with E-state index < -0.39 is 10.0 Å². The second-order valence-corrected chi connectivity index (χ2v) is 9.28. The Morgan fingerprint density at radius 2 is 1.83 bits per heavy atom. The molecule has 0 saturated carbocycles. The summed E-state index contributed by atoms with van der Waals surface area (Å²) in [5.41, 5.74) is 1.21. The van der Waals surface area contributed by atoms with E-state index in [0.29, 0.717) is 25.3 Å². The molecule has 8 heteroatoms. The lowest BCUT2D eigenvalue weighted by Gasteiger charge is -2.26. The summed E-state index contributed by atoms with van der Waals surface area (Å²) in [7, 11) is -1.79. The first-order chi connectivity index (χ1) is 13.8. The molecule has 0 spiro atoms. The summed E-state index contributed by atoms with van der Waals surface area (Å²) in [6.45, 7) is 1.59. The number of carbonyl (C=O) groups excluding carboxylic acids is 1. The molecular formula is C21H26FN3O3S. The number of nitrogens with one attached hydrogen (secondary N) is 1. The van der Waals surface area contributed by atoms with Crippen molar-refractivity contribution in [2.75, 3.05) is 32.0 Å². The Morgan fingerprint density at radius 1 is 1.10 bits per heavy atom. The van der Waals surface area contributed by atoms with Gasteiger partial charge in [-0.25, -0.2) is 12.8 Å². The van der Waals surface area contributed by atoms with Crippen molar-refractivity contribution in [3.8, 4) is 0 Å².